The molecule has 1 aromatic carbocycles. The molecule has 0 aliphatic carbocycles. The average molecular weight is 248 g/mol. The predicted octanol–water partition coefficient (Wildman–Crippen LogP) is 3.67. The lowest BCUT2D eigenvalue weighted by Gasteiger charge is -2.15. The number of ether oxygens (including phenoxy) is 1. The molecule has 0 bridgehead atoms. The molecule has 0 spiro atoms. The van der Waals surface area contributed by atoms with Crippen molar-refractivity contribution in [2.24, 2.45) is 0 Å². The fourth-order valence-electron chi connectivity index (χ4n) is 1.30. The molecule has 1 unspecified atom stereocenters. The molecule has 0 saturated heterocycles. The van der Waals surface area contributed by atoms with Gasteiger partial charge in [-0.1, -0.05) is 23.2 Å². The van der Waals surface area contributed by atoms with Gasteiger partial charge in [0.05, 0.1) is 11.6 Å². The first-order valence-corrected chi connectivity index (χ1v) is 5.64. The largest absolute Gasteiger partial charge is 0.492 e. The third-order valence-electron chi connectivity index (χ3n) is 2.25. The van der Waals surface area contributed by atoms with Crippen molar-refractivity contribution in [3.63, 3.8) is 0 Å². The van der Waals surface area contributed by atoms with E-state index in [1.54, 1.807) is 6.07 Å². The molecular formula is C11H15Cl2NO. The van der Waals surface area contributed by atoms with E-state index in [4.69, 9.17) is 27.9 Å². The highest BCUT2D eigenvalue weighted by molar-refractivity contribution is 6.34. The lowest BCUT2D eigenvalue weighted by molar-refractivity contribution is 0.340. The number of nitrogens with one attached hydrogen (secondary N) is 1. The van der Waals surface area contributed by atoms with Crippen LogP contribution in [0.3, 0.4) is 0 Å². The lowest BCUT2D eigenvalue weighted by Crippen LogP contribution is -2.12. The highest BCUT2D eigenvalue weighted by Gasteiger charge is 2.12. The molecule has 0 saturated carbocycles. The molecule has 1 rings (SSSR count). The monoisotopic (exact) mass is 247 g/mol. The zero-order chi connectivity index (χ0) is 11.4. The molecule has 0 aliphatic heterocycles. The molecule has 0 heterocycles. The van der Waals surface area contributed by atoms with Gasteiger partial charge in [-0.2, -0.15) is 0 Å². The fourth-order valence-corrected chi connectivity index (χ4v) is 1.84. The Morgan fingerprint density at radius 1 is 1.33 bits per heavy atom. The topological polar surface area (TPSA) is 21.3 Å². The third-order valence-corrected chi connectivity index (χ3v) is 2.87. The molecule has 0 aromatic heterocycles. The highest BCUT2D eigenvalue weighted by atomic mass is 35.5. The second kappa shape index (κ2) is 5.59. The summed E-state index contributed by atoms with van der Waals surface area (Å²) in [6, 6.07) is 3.78. The van der Waals surface area contributed by atoms with Gasteiger partial charge in [-0.3, -0.25) is 0 Å². The SMILES string of the molecule is CCOc1cc(Cl)c(C(C)NC)cc1Cl. The van der Waals surface area contributed by atoms with Crippen LogP contribution < -0.4 is 10.1 Å². The Bertz CT molecular complexity index is 342. The second-order valence-electron chi connectivity index (χ2n) is 3.25. The van der Waals surface area contributed by atoms with Gasteiger partial charge in [0.1, 0.15) is 5.75 Å². The van der Waals surface area contributed by atoms with Gasteiger partial charge in [-0.25, -0.2) is 0 Å². The minimum Gasteiger partial charge on any atom is -0.492 e. The van der Waals surface area contributed by atoms with E-state index in [2.05, 4.69) is 5.32 Å². The van der Waals surface area contributed by atoms with E-state index < -0.39 is 0 Å². The molecule has 0 amide bonds. The van der Waals surface area contributed by atoms with E-state index in [0.717, 1.165) is 5.56 Å². The van der Waals surface area contributed by atoms with Crippen molar-refractivity contribution in [3.8, 4) is 5.75 Å². The van der Waals surface area contributed by atoms with Gasteiger partial charge in [0.25, 0.3) is 0 Å². The van der Waals surface area contributed by atoms with Crippen LogP contribution in [0.15, 0.2) is 12.1 Å². The Morgan fingerprint density at radius 3 is 2.53 bits per heavy atom. The summed E-state index contributed by atoms with van der Waals surface area (Å²) in [6.45, 7) is 4.52. The lowest BCUT2D eigenvalue weighted by atomic mass is 10.1. The van der Waals surface area contributed by atoms with Crippen molar-refractivity contribution < 1.29 is 4.74 Å². The number of halogens is 2. The highest BCUT2D eigenvalue weighted by Crippen LogP contribution is 2.33. The van der Waals surface area contributed by atoms with Gasteiger partial charge >= 0.3 is 0 Å². The maximum atomic E-state index is 6.13. The zero-order valence-electron chi connectivity index (χ0n) is 9.10. The zero-order valence-corrected chi connectivity index (χ0v) is 10.6. The van der Waals surface area contributed by atoms with Gasteiger partial charge in [-0.05, 0) is 32.5 Å². The summed E-state index contributed by atoms with van der Waals surface area (Å²) < 4.78 is 5.35. The van der Waals surface area contributed by atoms with Crippen molar-refractivity contribution in [3.05, 3.63) is 27.7 Å². The molecule has 2 nitrogen and oxygen atoms in total. The Morgan fingerprint density at radius 2 is 2.00 bits per heavy atom. The Hall–Kier alpha value is -0.440. The maximum Gasteiger partial charge on any atom is 0.139 e. The molecule has 0 aliphatic rings. The fraction of sp³-hybridized carbons (Fsp3) is 0.455. The summed E-state index contributed by atoms with van der Waals surface area (Å²) in [5.41, 5.74) is 0.979. The predicted molar refractivity (Wildman–Crippen MR) is 65.1 cm³/mol. The smallest absolute Gasteiger partial charge is 0.139 e. The van der Waals surface area contributed by atoms with Crippen LogP contribution in [0.5, 0.6) is 5.75 Å². The van der Waals surface area contributed by atoms with E-state index in [0.29, 0.717) is 22.4 Å². The van der Waals surface area contributed by atoms with E-state index in [-0.39, 0.29) is 6.04 Å². The van der Waals surface area contributed by atoms with Gasteiger partial charge in [-0.15, -0.1) is 0 Å². The van der Waals surface area contributed by atoms with Crippen LogP contribution in [0.25, 0.3) is 0 Å². The summed E-state index contributed by atoms with van der Waals surface area (Å²) >= 11 is 12.2. The van der Waals surface area contributed by atoms with Crippen LogP contribution in [0.4, 0.5) is 0 Å². The van der Waals surface area contributed by atoms with Crippen molar-refractivity contribution >= 4 is 23.2 Å². The number of hydrogen-bond donors (Lipinski definition) is 1. The first-order valence-electron chi connectivity index (χ1n) is 4.89. The molecule has 84 valence electrons. The molecule has 1 N–H and O–H groups in total. The van der Waals surface area contributed by atoms with Crippen molar-refractivity contribution in [2.45, 2.75) is 19.9 Å². The van der Waals surface area contributed by atoms with Crippen LogP contribution in [0, 0.1) is 0 Å². The van der Waals surface area contributed by atoms with E-state index >= 15 is 0 Å². The molecule has 1 aromatic rings. The Kier molecular flexibility index (Phi) is 4.71. The van der Waals surface area contributed by atoms with Gasteiger partial charge < -0.3 is 10.1 Å². The summed E-state index contributed by atoms with van der Waals surface area (Å²) in [7, 11) is 1.88. The van der Waals surface area contributed by atoms with Crippen LogP contribution >= 0.6 is 23.2 Å². The molecule has 4 heteroatoms. The van der Waals surface area contributed by atoms with Crippen LogP contribution in [-0.2, 0) is 0 Å². The van der Waals surface area contributed by atoms with Crippen molar-refractivity contribution in [1.82, 2.24) is 5.32 Å². The molecule has 15 heavy (non-hydrogen) atoms. The van der Waals surface area contributed by atoms with E-state index in [1.807, 2.05) is 27.0 Å². The standard InChI is InChI=1S/C11H15Cl2NO/c1-4-15-11-6-9(12)8(5-10(11)13)7(2)14-3/h5-7,14H,4H2,1-3H3. The van der Waals surface area contributed by atoms with E-state index in [1.165, 1.54) is 0 Å². The minimum absolute atomic E-state index is 0.172. The van der Waals surface area contributed by atoms with Crippen LogP contribution in [0.2, 0.25) is 10.0 Å². The van der Waals surface area contributed by atoms with E-state index in [9.17, 15) is 0 Å². The third kappa shape index (κ3) is 3.00. The number of benzene rings is 1. The van der Waals surface area contributed by atoms with Crippen LogP contribution in [0.1, 0.15) is 25.5 Å². The Labute approximate surface area is 101 Å². The molecule has 0 fully saturated rings. The first-order chi connectivity index (χ1) is 7.10. The number of rotatable bonds is 4. The van der Waals surface area contributed by atoms with Crippen LogP contribution in [-0.4, -0.2) is 13.7 Å². The molecular weight excluding hydrogens is 233 g/mol. The second-order valence-corrected chi connectivity index (χ2v) is 4.06. The normalized spacial score (nSPS) is 12.6. The summed E-state index contributed by atoms with van der Waals surface area (Å²) in [6.07, 6.45) is 0. The minimum atomic E-state index is 0.172. The summed E-state index contributed by atoms with van der Waals surface area (Å²) in [4.78, 5) is 0. The molecule has 0 radical (unpaired) electrons. The first kappa shape index (κ1) is 12.6. The van der Waals surface area contributed by atoms with Crippen molar-refractivity contribution in [1.29, 1.82) is 0 Å². The maximum absolute atomic E-state index is 6.13. The quantitative estimate of drug-likeness (QED) is 0.877. The van der Waals surface area contributed by atoms with Gasteiger partial charge in [0.2, 0.25) is 0 Å². The van der Waals surface area contributed by atoms with Gasteiger partial charge in [0.15, 0.2) is 0 Å². The van der Waals surface area contributed by atoms with Crippen molar-refractivity contribution in [2.75, 3.05) is 13.7 Å². The Balaban J connectivity index is 3.07. The summed E-state index contributed by atoms with van der Waals surface area (Å²) in [5, 5.41) is 4.38. The van der Waals surface area contributed by atoms with Gasteiger partial charge in [0, 0.05) is 17.1 Å². The number of hydrogen-bond acceptors (Lipinski definition) is 2. The molecule has 1 atom stereocenters. The summed E-state index contributed by atoms with van der Waals surface area (Å²) in [5.74, 6) is 0.635. The average Bonchev–Trinajstić information content (AvgIpc) is 2.22.